The largest absolute Gasteiger partial charge is 0.462 e. The third-order valence-electron chi connectivity index (χ3n) is 14.9. The van der Waals surface area contributed by atoms with E-state index in [0.717, 1.165) is 96.3 Å². The minimum Gasteiger partial charge on any atom is -0.462 e. The van der Waals surface area contributed by atoms with Gasteiger partial charge in [0.05, 0.1) is 0 Å². The molecule has 1 unspecified atom stereocenters. The first-order valence-electron chi connectivity index (χ1n) is 33.9. The fourth-order valence-corrected chi connectivity index (χ4v) is 9.84. The Labute approximate surface area is 484 Å². The molecule has 0 bridgehead atoms. The van der Waals surface area contributed by atoms with E-state index in [1.807, 2.05) is 0 Å². The summed E-state index contributed by atoms with van der Waals surface area (Å²) in [4.78, 5) is 38.4. The maximum absolute atomic E-state index is 12.9. The van der Waals surface area contributed by atoms with Crippen LogP contribution in [0.15, 0.2) is 72.9 Å². The molecule has 0 saturated carbocycles. The fourth-order valence-electron chi connectivity index (χ4n) is 9.84. The van der Waals surface area contributed by atoms with Crippen molar-refractivity contribution >= 4 is 17.9 Å². The number of ether oxygens (including phenoxy) is 3. The standard InChI is InChI=1S/C72H128O6/c1-4-7-10-13-16-19-22-25-28-31-34-35-36-37-39-41-44-47-50-53-56-59-62-65-71(74)77-68-69(67-76-70(73)64-61-58-55-52-49-46-43-40-33-30-27-24-21-18-15-12-9-6-3)78-72(75)66-63-60-57-54-51-48-45-42-38-32-29-26-23-20-17-14-11-8-5-2/h8,11,17,20,26,29-31,33-34,38,42,69H,4-7,9-10,12-16,18-19,21-25,27-28,32,35-37,39-41,43-68H2,1-3H3/b11-8-,20-17-,29-26-,33-30-,34-31-,42-38-. The van der Waals surface area contributed by atoms with Crippen molar-refractivity contribution in [2.45, 2.75) is 354 Å². The molecule has 78 heavy (non-hydrogen) atoms. The van der Waals surface area contributed by atoms with Gasteiger partial charge in [-0.2, -0.15) is 0 Å². The first-order chi connectivity index (χ1) is 38.5. The van der Waals surface area contributed by atoms with Crippen molar-refractivity contribution in [3.63, 3.8) is 0 Å². The molecule has 0 aliphatic heterocycles. The minimum absolute atomic E-state index is 0.0812. The predicted octanol–water partition coefficient (Wildman–Crippen LogP) is 23.3. The molecule has 1 atom stereocenters. The van der Waals surface area contributed by atoms with Crippen LogP contribution in [-0.2, 0) is 28.6 Å². The summed E-state index contributed by atoms with van der Waals surface area (Å²) in [5, 5.41) is 0. The van der Waals surface area contributed by atoms with Crippen LogP contribution in [0.4, 0.5) is 0 Å². The Hall–Kier alpha value is -3.15. The number of allylic oxidation sites excluding steroid dienone is 12. The van der Waals surface area contributed by atoms with Gasteiger partial charge in [0.25, 0.3) is 0 Å². The molecule has 0 aromatic heterocycles. The molecule has 0 aliphatic rings. The zero-order valence-corrected chi connectivity index (χ0v) is 51.9. The zero-order chi connectivity index (χ0) is 56.4. The molecular weight excluding hydrogens is 961 g/mol. The smallest absolute Gasteiger partial charge is 0.306 e. The Balaban J connectivity index is 4.37. The molecular formula is C72H128O6. The van der Waals surface area contributed by atoms with Crippen molar-refractivity contribution in [1.29, 1.82) is 0 Å². The average Bonchev–Trinajstić information content (AvgIpc) is 3.44. The molecule has 0 spiro atoms. The highest BCUT2D eigenvalue weighted by Gasteiger charge is 2.19. The molecule has 6 heteroatoms. The van der Waals surface area contributed by atoms with E-state index in [0.29, 0.717) is 19.3 Å². The van der Waals surface area contributed by atoms with Crippen LogP contribution in [0.5, 0.6) is 0 Å². The van der Waals surface area contributed by atoms with Crippen molar-refractivity contribution in [3.8, 4) is 0 Å². The van der Waals surface area contributed by atoms with E-state index in [1.54, 1.807) is 0 Å². The van der Waals surface area contributed by atoms with Crippen LogP contribution >= 0.6 is 0 Å². The number of rotatable bonds is 62. The maximum atomic E-state index is 12.9. The summed E-state index contributed by atoms with van der Waals surface area (Å²) in [6, 6.07) is 0. The molecule has 0 aliphatic carbocycles. The average molecular weight is 1090 g/mol. The van der Waals surface area contributed by atoms with Gasteiger partial charge in [0.1, 0.15) is 13.2 Å². The lowest BCUT2D eigenvalue weighted by molar-refractivity contribution is -0.167. The Morgan fingerprint density at radius 3 is 0.795 bits per heavy atom. The second-order valence-corrected chi connectivity index (χ2v) is 22.7. The first kappa shape index (κ1) is 74.8. The quantitative estimate of drug-likeness (QED) is 0.0261. The lowest BCUT2D eigenvalue weighted by atomic mass is 10.0. The molecule has 6 nitrogen and oxygen atoms in total. The molecule has 0 aromatic rings. The predicted molar refractivity (Wildman–Crippen MR) is 339 cm³/mol. The number of hydrogen-bond donors (Lipinski definition) is 0. The number of carbonyl (C=O) groups excluding carboxylic acids is 3. The maximum Gasteiger partial charge on any atom is 0.306 e. The number of esters is 3. The summed E-state index contributed by atoms with van der Waals surface area (Å²) in [7, 11) is 0. The third kappa shape index (κ3) is 63.7. The van der Waals surface area contributed by atoms with E-state index in [9.17, 15) is 14.4 Å². The van der Waals surface area contributed by atoms with Gasteiger partial charge in [-0.05, 0) is 109 Å². The molecule has 0 heterocycles. The molecule has 0 aromatic carbocycles. The molecule has 0 saturated heterocycles. The van der Waals surface area contributed by atoms with E-state index in [1.165, 1.54) is 212 Å². The van der Waals surface area contributed by atoms with Gasteiger partial charge in [0, 0.05) is 19.3 Å². The number of hydrogen-bond acceptors (Lipinski definition) is 6. The highest BCUT2D eigenvalue weighted by Crippen LogP contribution is 2.17. The molecule has 0 amide bonds. The summed E-state index contributed by atoms with van der Waals surface area (Å²) in [5.41, 5.74) is 0. The topological polar surface area (TPSA) is 78.9 Å². The molecule has 0 rings (SSSR count). The van der Waals surface area contributed by atoms with Gasteiger partial charge in [-0.15, -0.1) is 0 Å². The monoisotopic (exact) mass is 1090 g/mol. The van der Waals surface area contributed by atoms with E-state index in [2.05, 4.69) is 93.7 Å². The highest BCUT2D eigenvalue weighted by atomic mass is 16.6. The summed E-state index contributed by atoms with van der Waals surface area (Å²) in [6.07, 6.45) is 86.3. The normalized spacial score (nSPS) is 12.5. The molecule has 452 valence electrons. The minimum atomic E-state index is -0.787. The highest BCUT2D eigenvalue weighted by molar-refractivity contribution is 5.71. The van der Waals surface area contributed by atoms with Crippen LogP contribution in [-0.4, -0.2) is 37.2 Å². The second-order valence-electron chi connectivity index (χ2n) is 22.7. The summed E-state index contributed by atoms with van der Waals surface area (Å²) in [6.45, 7) is 6.56. The summed E-state index contributed by atoms with van der Waals surface area (Å²) in [5.74, 6) is -0.882. The zero-order valence-electron chi connectivity index (χ0n) is 51.9. The van der Waals surface area contributed by atoms with Crippen molar-refractivity contribution in [3.05, 3.63) is 72.9 Å². The third-order valence-corrected chi connectivity index (χ3v) is 14.9. The Morgan fingerprint density at radius 2 is 0.500 bits per heavy atom. The van der Waals surface area contributed by atoms with E-state index < -0.39 is 6.10 Å². The van der Waals surface area contributed by atoms with Gasteiger partial charge in [-0.3, -0.25) is 14.4 Å². The fraction of sp³-hybridized carbons (Fsp3) is 0.792. The van der Waals surface area contributed by atoms with E-state index in [4.69, 9.17) is 14.2 Å². The van der Waals surface area contributed by atoms with E-state index >= 15 is 0 Å². The van der Waals surface area contributed by atoms with Gasteiger partial charge in [-0.1, -0.05) is 293 Å². The van der Waals surface area contributed by atoms with E-state index in [-0.39, 0.29) is 31.1 Å². The Morgan fingerprint density at radius 1 is 0.269 bits per heavy atom. The Kier molecular flexibility index (Phi) is 63.7. The van der Waals surface area contributed by atoms with Gasteiger partial charge in [-0.25, -0.2) is 0 Å². The number of unbranched alkanes of at least 4 members (excludes halogenated alkanes) is 39. The van der Waals surface area contributed by atoms with Gasteiger partial charge < -0.3 is 14.2 Å². The van der Waals surface area contributed by atoms with Crippen molar-refractivity contribution in [1.82, 2.24) is 0 Å². The lowest BCUT2D eigenvalue weighted by Crippen LogP contribution is -2.30. The van der Waals surface area contributed by atoms with Crippen LogP contribution in [0.2, 0.25) is 0 Å². The second kappa shape index (κ2) is 66.4. The first-order valence-corrected chi connectivity index (χ1v) is 33.9. The van der Waals surface area contributed by atoms with Crippen molar-refractivity contribution in [2.24, 2.45) is 0 Å². The van der Waals surface area contributed by atoms with Crippen molar-refractivity contribution in [2.75, 3.05) is 13.2 Å². The van der Waals surface area contributed by atoms with Crippen LogP contribution in [0.1, 0.15) is 348 Å². The van der Waals surface area contributed by atoms with Crippen LogP contribution in [0, 0.1) is 0 Å². The molecule has 0 fully saturated rings. The summed E-state index contributed by atoms with van der Waals surface area (Å²) < 4.78 is 17.0. The number of carbonyl (C=O) groups is 3. The SMILES string of the molecule is CC/C=C\C/C=C\C/C=C\C/C=C\CCCCCCCCC(=O)OC(COC(=O)CCCCCCCCC/C=C\CCCCCCCCC)COC(=O)CCCCCCCCCCCCC/C=C\CCCCCCCCCC. The molecule has 0 radical (unpaired) electrons. The van der Waals surface area contributed by atoms with Crippen LogP contribution in [0.3, 0.4) is 0 Å². The van der Waals surface area contributed by atoms with Crippen molar-refractivity contribution < 1.29 is 28.6 Å². The lowest BCUT2D eigenvalue weighted by Gasteiger charge is -2.18. The van der Waals surface area contributed by atoms with Crippen LogP contribution in [0.25, 0.3) is 0 Å². The Bertz CT molecular complexity index is 1440. The van der Waals surface area contributed by atoms with Gasteiger partial charge in [0.15, 0.2) is 6.10 Å². The van der Waals surface area contributed by atoms with Crippen LogP contribution < -0.4 is 0 Å². The molecule has 0 N–H and O–H groups in total. The summed E-state index contributed by atoms with van der Waals surface area (Å²) >= 11 is 0. The van der Waals surface area contributed by atoms with Gasteiger partial charge in [0.2, 0.25) is 0 Å². The van der Waals surface area contributed by atoms with Gasteiger partial charge >= 0.3 is 17.9 Å².